The molecule has 2 heterocycles. The molecule has 0 saturated carbocycles. The second-order valence-corrected chi connectivity index (χ2v) is 4.63. The Hall–Kier alpha value is -1.36. The van der Waals surface area contributed by atoms with Gasteiger partial charge in [0.2, 0.25) is 0 Å². The highest BCUT2D eigenvalue weighted by atomic mass is 16.5. The van der Waals surface area contributed by atoms with E-state index in [9.17, 15) is 0 Å². The van der Waals surface area contributed by atoms with E-state index in [1.165, 1.54) is 0 Å². The molecule has 1 aliphatic rings. The van der Waals surface area contributed by atoms with Gasteiger partial charge in [0.1, 0.15) is 11.6 Å². The normalized spacial score (nSPS) is 28.1. The van der Waals surface area contributed by atoms with Crippen molar-refractivity contribution in [3.8, 4) is 0 Å². The molecule has 2 rings (SSSR count). The summed E-state index contributed by atoms with van der Waals surface area (Å²) in [6.07, 6.45) is 4.65. The van der Waals surface area contributed by atoms with Crippen molar-refractivity contribution in [2.45, 2.75) is 38.8 Å². The van der Waals surface area contributed by atoms with Gasteiger partial charge in [-0.1, -0.05) is 0 Å². The number of hydrogen-bond acceptors (Lipinski definition) is 5. The van der Waals surface area contributed by atoms with Gasteiger partial charge in [0.25, 0.3) is 0 Å². The maximum atomic E-state index is 5.59. The smallest absolute Gasteiger partial charge is 0.147 e. The molecule has 0 aromatic carbocycles. The van der Waals surface area contributed by atoms with Gasteiger partial charge in [-0.2, -0.15) is 0 Å². The molecule has 1 saturated heterocycles. The van der Waals surface area contributed by atoms with Gasteiger partial charge < -0.3 is 15.4 Å². The lowest BCUT2D eigenvalue weighted by atomic mass is 9.95. The molecule has 0 spiro atoms. The van der Waals surface area contributed by atoms with E-state index in [4.69, 9.17) is 4.74 Å². The summed E-state index contributed by atoms with van der Waals surface area (Å²) in [5.41, 5.74) is -0.0560. The highest BCUT2D eigenvalue weighted by molar-refractivity contribution is 5.43. The molecule has 0 aliphatic carbocycles. The van der Waals surface area contributed by atoms with Crippen molar-refractivity contribution >= 4 is 11.6 Å². The number of anilines is 2. The molecular weight excluding hydrogens is 216 g/mol. The van der Waals surface area contributed by atoms with Crippen molar-refractivity contribution in [2.75, 3.05) is 23.8 Å². The Bertz CT molecular complexity index is 385. The minimum atomic E-state index is -0.0560. The van der Waals surface area contributed by atoms with Crippen molar-refractivity contribution in [1.29, 1.82) is 0 Å². The van der Waals surface area contributed by atoms with Gasteiger partial charge >= 0.3 is 0 Å². The van der Waals surface area contributed by atoms with E-state index in [1.807, 2.05) is 6.92 Å². The highest BCUT2D eigenvalue weighted by Crippen LogP contribution is 2.28. The lowest BCUT2D eigenvalue weighted by Crippen LogP contribution is -2.41. The zero-order chi connectivity index (χ0) is 12.3. The van der Waals surface area contributed by atoms with E-state index >= 15 is 0 Å². The quantitative estimate of drug-likeness (QED) is 0.836. The van der Waals surface area contributed by atoms with Crippen LogP contribution >= 0.6 is 0 Å². The molecule has 1 aromatic rings. The fourth-order valence-electron chi connectivity index (χ4n) is 1.98. The predicted octanol–water partition coefficient (Wildman–Crippen LogP) is 1.89. The van der Waals surface area contributed by atoms with Crippen molar-refractivity contribution in [2.24, 2.45) is 0 Å². The van der Waals surface area contributed by atoms with Gasteiger partial charge in [0.15, 0.2) is 0 Å². The standard InChI is InChI=1S/C12H20N4O/c1-4-14-10-7-13-8-11(15-10)16-12(3)5-6-17-9(12)2/h7-9H,4-6H2,1-3H3,(H2,14,15,16). The zero-order valence-electron chi connectivity index (χ0n) is 10.7. The van der Waals surface area contributed by atoms with Crippen LogP contribution in [0.3, 0.4) is 0 Å². The number of hydrogen-bond donors (Lipinski definition) is 2. The van der Waals surface area contributed by atoms with Crippen LogP contribution in [0.25, 0.3) is 0 Å². The molecule has 5 heteroatoms. The Morgan fingerprint density at radius 2 is 2.24 bits per heavy atom. The van der Waals surface area contributed by atoms with Crippen molar-refractivity contribution in [3.63, 3.8) is 0 Å². The first-order chi connectivity index (χ1) is 8.14. The molecule has 2 atom stereocenters. The monoisotopic (exact) mass is 236 g/mol. The average Bonchev–Trinajstić information content (AvgIpc) is 2.60. The zero-order valence-corrected chi connectivity index (χ0v) is 10.7. The van der Waals surface area contributed by atoms with E-state index in [1.54, 1.807) is 12.4 Å². The third-order valence-corrected chi connectivity index (χ3v) is 3.29. The molecule has 0 amide bonds. The van der Waals surface area contributed by atoms with Crippen LogP contribution in [-0.4, -0.2) is 34.8 Å². The average molecular weight is 236 g/mol. The molecule has 1 aliphatic heterocycles. The van der Waals surface area contributed by atoms with Crippen LogP contribution < -0.4 is 10.6 Å². The Kier molecular flexibility index (Phi) is 3.47. The second-order valence-electron chi connectivity index (χ2n) is 4.63. The lowest BCUT2D eigenvalue weighted by Gasteiger charge is -2.29. The van der Waals surface area contributed by atoms with Gasteiger partial charge in [0, 0.05) is 13.2 Å². The Balaban J connectivity index is 2.10. The third-order valence-electron chi connectivity index (χ3n) is 3.29. The molecule has 0 radical (unpaired) electrons. The fourth-order valence-corrected chi connectivity index (χ4v) is 1.98. The molecular formula is C12H20N4O. The summed E-state index contributed by atoms with van der Waals surface area (Å²) in [6.45, 7) is 7.92. The molecule has 94 valence electrons. The number of aromatic nitrogens is 2. The van der Waals surface area contributed by atoms with E-state index in [2.05, 4.69) is 34.4 Å². The van der Waals surface area contributed by atoms with E-state index in [-0.39, 0.29) is 11.6 Å². The van der Waals surface area contributed by atoms with Crippen LogP contribution in [0.5, 0.6) is 0 Å². The third kappa shape index (κ3) is 2.66. The lowest BCUT2D eigenvalue weighted by molar-refractivity contribution is 0.105. The second kappa shape index (κ2) is 4.87. The van der Waals surface area contributed by atoms with E-state index < -0.39 is 0 Å². The van der Waals surface area contributed by atoms with Gasteiger partial charge in [-0.3, -0.25) is 4.98 Å². The first-order valence-corrected chi connectivity index (χ1v) is 6.10. The summed E-state index contributed by atoms with van der Waals surface area (Å²) in [5.74, 6) is 1.59. The summed E-state index contributed by atoms with van der Waals surface area (Å²) in [5, 5.41) is 6.58. The SMILES string of the molecule is CCNc1cncc(NC2(C)CCOC2C)n1. The number of nitrogens with zero attached hydrogens (tertiary/aromatic N) is 2. The van der Waals surface area contributed by atoms with Crippen LogP contribution in [0.4, 0.5) is 11.6 Å². The van der Waals surface area contributed by atoms with Gasteiger partial charge in [0.05, 0.1) is 24.0 Å². The number of ether oxygens (including phenoxy) is 1. The topological polar surface area (TPSA) is 59.1 Å². The molecule has 2 N–H and O–H groups in total. The fraction of sp³-hybridized carbons (Fsp3) is 0.667. The van der Waals surface area contributed by atoms with Gasteiger partial charge in [-0.25, -0.2) is 4.98 Å². The van der Waals surface area contributed by atoms with Crippen molar-refractivity contribution in [1.82, 2.24) is 9.97 Å². The minimum absolute atomic E-state index is 0.0560. The van der Waals surface area contributed by atoms with Crippen LogP contribution in [0.2, 0.25) is 0 Å². The summed E-state index contributed by atoms with van der Waals surface area (Å²) in [4.78, 5) is 8.64. The van der Waals surface area contributed by atoms with Crippen LogP contribution in [0, 0.1) is 0 Å². The minimum Gasteiger partial charge on any atom is -0.376 e. The highest BCUT2D eigenvalue weighted by Gasteiger charge is 2.37. The van der Waals surface area contributed by atoms with Crippen molar-refractivity contribution < 1.29 is 4.74 Å². The van der Waals surface area contributed by atoms with Crippen LogP contribution in [-0.2, 0) is 4.74 Å². The predicted molar refractivity (Wildman–Crippen MR) is 68.3 cm³/mol. The molecule has 2 unspecified atom stereocenters. The summed E-state index contributed by atoms with van der Waals surface area (Å²) in [7, 11) is 0. The molecule has 1 aromatic heterocycles. The Morgan fingerprint density at radius 1 is 1.47 bits per heavy atom. The van der Waals surface area contributed by atoms with Crippen LogP contribution in [0.1, 0.15) is 27.2 Å². The maximum Gasteiger partial charge on any atom is 0.147 e. The molecule has 0 bridgehead atoms. The maximum absolute atomic E-state index is 5.59. The van der Waals surface area contributed by atoms with E-state index in [0.29, 0.717) is 0 Å². The van der Waals surface area contributed by atoms with E-state index in [0.717, 1.165) is 31.2 Å². The molecule has 17 heavy (non-hydrogen) atoms. The number of nitrogens with one attached hydrogen (secondary N) is 2. The van der Waals surface area contributed by atoms with Gasteiger partial charge in [-0.15, -0.1) is 0 Å². The summed E-state index contributed by atoms with van der Waals surface area (Å²) >= 11 is 0. The molecule has 1 fully saturated rings. The Morgan fingerprint density at radius 3 is 2.88 bits per heavy atom. The number of rotatable bonds is 4. The summed E-state index contributed by atoms with van der Waals surface area (Å²) < 4.78 is 5.59. The first kappa shape index (κ1) is 12.1. The molecule has 5 nitrogen and oxygen atoms in total. The van der Waals surface area contributed by atoms with Gasteiger partial charge in [-0.05, 0) is 27.2 Å². The first-order valence-electron chi connectivity index (χ1n) is 6.10. The van der Waals surface area contributed by atoms with Crippen LogP contribution in [0.15, 0.2) is 12.4 Å². The van der Waals surface area contributed by atoms with Crippen molar-refractivity contribution in [3.05, 3.63) is 12.4 Å². The Labute approximate surface area is 102 Å². The summed E-state index contributed by atoms with van der Waals surface area (Å²) in [6, 6.07) is 0. The largest absolute Gasteiger partial charge is 0.376 e.